The number of nitrogens with two attached hydrogens (primary N) is 1. The molecule has 0 saturated carbocycles. The van der Waals surface area contributed by atoms with Crippen LogP contribution in [-0.4, -0.2) is 5.75 Å². The molecule has 0 aliphatic heterocycles. The van der Waals surface area contributed by atoms with Crippen molar-refractivity contribution in [2.75, 3.05) is 5.75 Å². The molecule has 0 fully saturated rings. The number of rotatable bonds is 5. The third-order valence-electron chi connectivity index (χ3n) is 2.04. The Balaban J connectivity index is 2.79. The first-order chi connectivity index (χ1) is 7.19. The molecule has 84 valence electrons. The van der Waals surface area contributed by atoms with Crippen LogP contribution < -0.4 is 5.73 Å². The molecule has 0 amide bonds. The van der Waals surface area contributed by atoms with Crippen molar-refractivity contribution in [1.29, 1.82) is 0 Å². The van der Waals surface area contributed by atoms with E-state index in [-0.39, 0.29) is 11.4 Å². The zero-order valence-corrected chi connectivity index (χ0v) is 9.54. The molecule has 0 spiro atoms. The third kappa shape index (κ3) is 3.47. The molecule has 1 aromatic carbocycles. The highest BCUT2D eigenvalue weighted by Gasteiger charge is 2.10. The second-order valence-corrected chi connectivity index (χ2v) is 4.40. The fourth-order valence-electron chi connectivity index (χ4n) is 1.19. The summed E-state index contributed by atoms with van der Waals surface area (Å²) in [7, 11) is 0. The lowest BCUT2D eigenvalue weighted by Gasteiger charge is -2.06. The summed E-state index contributed by atoms with van der Waals surface area (Å²) in [4.78, 5) is 0.112. The molecule has 0 bridgehead atoms. The van der Waals surface area contributed by atoms with Crippen molar-refractivity contribution in [2.24, 2.45) is 5.73 Å². The van der Waals surface area contributed by atoms with E-state index in [2.05, 4.69) is 0 Å². The zero-order valence-electron chi connectivity index (χ0n) is 8.72. The highest BCUT2D eigenvalue weighted by Crippen LogP contribution is 2.27. The Bertz CT molecular complexity index is 305. The largest absolute Gasteiger partial charge is 0.326 e. The maximum Gasteiger partial charge on any atom is 0.140 e. The molecule has 0 heterocycles. The van der Waals surface area contributed by atoms with E-state index in [1.54, 1.807) is 0 Å². The molecule has 0 radical (unpaired) electrons. The van der Waals surface area contributed by atoms with Gasteiger partial charge in [0.2, 0.25) is 0 Å². The molecule has 0 aliphatic carbocycles. The van der Waals surface area contributed by atoms with Gasteiger partial charge in [-0.15, -0.1) is 11.8 Å². The molecule has 2 N–H and O–H groups in total. The molecule has 0 saturated heterocycles. The Labute approximate surface area is 93.1 Å². The van der Waals surface area contributed by atoms with Crippen LogP contribution in [0.3, 0.4) is 0 Å². The molecule has 0 atom stereocenters. The highest BCUT2D eigenvalue weighted by atomic mass is 32.2. The molecule has 1 rings (SSSR count). The van der Waals surface area contributed by atoms with Crippen LogP contribution in [0.25, 0.3) is 0 Å². The van der Waals surface area contributed by atoms with Gasteiger partial charge in [0.1, 0.15) is 11.6 Å². The lowest BCUT2D eigenvalue weighted by Crippen LogP contribution is -1.99. The fourth-order valence-corrected chi connectivity index (χ4v) is 2.22. The molecular weight excluding hydrogens is 216 g/mol. The molecule has 0 aromatic heterocycles. The van der Waals surface area contributed by atoms with E-state index < -0.39 is 11.6 Å². The second kappa shape index (κ2) is 6.08. The lowest BCUT2D eigenvalue weighted by molar-refractivity contribution is 0.537. The summed E-state index contributed by atoms with van der Waals surface area (Å²) in [6.07, 6.45) is 1.99. The summed E-state index contributed by atoms with van der Waals surface area (Å²) in [6, 6.07) is 2.61. The lowest BCUT2D eigenvalue weighted by atomic mass is 10.2. The van der Waals surface area contributed by atoms with Crippen molar-refractivity contribution in [3.63, 3.8) is 0 Å². The Hall–Kier alpha value is -0.610. The van der Waals surface area contributed by atoms with Crippen LogP contribution in [0.1, 0.15) is 25.3 Å². The zero-order chi connectivity index (χ0) is 11.3. The highest BCUT2D eigenvalue weighted by molar-refractivity contribution is 7.99. The Kier molecular flexibility index (Phi) is 5.05. The number of thioether (sulfide) groups is 1. The van der Waals surface area contributed by atoms with Crippen molar-refractivity contribution >= 4 is 11.8 Å². The van der Waals surface area contributed by atoms with Gasteiger partial charge in [-0.05, 0) is 29.9 Å². The van der Waals surface area contributed by atoms with Crippen LogP contribution in [0.15, 0.2) is 17.0 Å². The van der Waals surface area contributed by atoms with E-state index in [9.17, 15) is 8.78 Å². The van der Waals surface area contributed by atoms with E-state index in [4.69, 9.17) is 5.73 Å². The van der Waals surface area contributed by atoms with E-state index in [0.29, 0.717) is 5.56 Å². The minimum atomic E-state index is -0.503. The van der Waals surface area contributed by atoms with Gasteiger partial charge in [-0.2, -0.15) is 0 Å². The smallest absolute Gasteiger partial charge is 0.140 e. The Morgan fingerprint density at radius 3 is 2.33 bits per heavy atom. The van der Waals surface area contributed by atoms with E-state index >= 15 is 0 Å². The van der Waals surface area contributed by atoms with Crippen molar-refractivity contribution in [3.05, 3.63) is 29.3 Å². The summed E-state index contributed by atoms with van der Waals surface area (Å²) >= 11 is 1.23. The quantitative estimate of drug-likeness (QED) is 0.621. The van der Waals surface area contributed by atoms with E-state index in [1.807, 2.05) is 6.92 Å². The molecule has 1 aromatic rings. The molecule has 0 unspecified atom stereocenters. The van der Waals surface area contributed by atoms with Gasteiger partial charge in [0.15, 0.2) is 0 Å². The van der Waals surface area contributed by atoms with Crippen molar-refractivity contribution < 1.29 is 8.78 Å². The molecule has 0 aliphatic rings. The molecule has 15 heavy (non-hydrogen) atoms. The number of hydrogen-bond acceptors (Lipinski definition) is 2. The maximum absolute atomic E-state index is 13.4. The summed E-state index contributed by atoms with van der Waals surface area (Å²) in [6.45, 7) is 2.21. The number of unbranched alkanes of at least 4 members (excludes halogenated alkanes) is 1. The van der Waals surface area contributed by atoms with Crippen LogP contribution in [0.4, 0.5) is 8.78 Å². The van der Waals surface area contributed by atoms with Gasteiger partial charge >= 0.3 is 0 Å². The minimum Gasteiger partial charge on any atom is -0.326 e. The number of halogens is 2. The topological polar surface area (TPSA) is 26.0 Å². The molecule has 1 nitrogen and oxygen atoms in total. The van der Waals surface area contributed by atoms with Gasteiger partial charge in [0.05, 0.1) is 4.90 Å². The average Bonchev–Trinajstić information content (AvgIpc) is 2.22. The summed E-state index contributed by atoms with van der Waals surface area (Å²) < 4.78 is 26.8. The van der Waals surface area contributed by atoms with Gasteiger partial charge in [0.25, 0.3) is 0 Å². The number of benzene rings is 1. The predicted octanol–water partition coefficient (Wildman–Crippen LogP) is 3.32. The molecule has 4 heteroatoms. The maximum atomic E-state index is 13.4. The van der Waals surface area contributed by atoms with Crippen LogP contribution in [-0.2, 0) is 6.54 Å². The first kappa shape index (κ1) is 12.5. The molecular formula is C11H15F2NS. The minimum absolute atomic E-state index is 0.112. The van der Waals surface area contributed by atoms with Crippen LogP contribution >= 0.6 is 11.8 Å². The average molecular weight is 231 g/mol. The Morgan fingerprint density at radius 1 is 1.27 bits per heavy atom. The van der Waals surface area contributed by atoms with Crippen molar-refractivity contribution in [3.8, 4) is 0 Å². The first-order valence-electron chi connectivity index (χ1n) is 4.99. The van der Waals surface area contributed by atoms with Gasteiger partial charge < -0.3 is 5.73 Å². The standard InChI is InChI=1S/C11H15F2NS/c1-2-3-4-15-11-9(12)5-8(7-14)6-10(11)13/h5-6H,2-4,7,14H2,1H3. The van der Waals surface area contributed by atoms with Crippen LogP contribution in [0, 0.1) is 11.6 Å². The van der Waals surface area contributed by atoms with Gasteiger partial charge in [-0.1, -0.05) is 13.3 Å². The van der Waals surface area contributed by atoms with E-state index in [0.717, 1.165) is 18.6 Å². The monoisotopic (exact) mass is 231 g/mol. The van der Waals surface area contributed by atoms with Gasteiger partial charge in [-0.25, -0.2) is 8.78 Å². The second-order valence-electron chi connectivity index (χ2n) is 3.29. The predicted molar refractivity (Wildman–Crippen MR) is 59.9 cm³/mol. The fraction of sp³-hybridized carbons (Fsp3) is 0.455. The SMILES string of the molecule is CCCCSc1c(F)cc(CN)cc1F. The van der Waals surface area contributed by atoms with Crippen molar-refractivity contribution in [1.82, 2.24) is 0 Å². The van der Waals surface area contributed by atoms with Gasteiger partial charge in [-0.3, -0.25) is 0 Å². The van der Waals surface area contributed by atoms with Gasteiger partial charge in [0, 0.05) is 6.54 Å². The van der Waals surface area contributed by atoms with E-state index in [1.165, 1.54) is 23.9 Å². The van der Waals surface area contributed by atoms with Crippen molar-refractivity contribution in [2.45, 2.75) is 31.2 Å². The first-order valence-corrected chi connectivity index (χ1v) is 5.98. The summed E-state index contributed by atoms with van der Waals surface area (Å²) in [5.41, 5.74) is 5.81. The van der Waals surface area contributed by atoms with Crippen LogP contribution in [0.5, 0.6) is 0 Å². The summed E-state index contributed by atoms with van der Waals surface area (Å²) in [5.74, 6) is -0.264. The third-order valence-corrected chi connectivity index (χ3v) is 3.21. The normalized spacial score (nSPS) is 10.7. The summed E-state index contributed by atoms with van der Waals surface area (Å²) in [5, 5.41) is 0. The Morgan fingerprint density at radius 2 is 1.87 bits per heavy atom. The van der Waals surface area contributed by atoms with Crippen LogP contribution in [0.2, 0.25) is 0 Å². The number of hydrogen-bond donors (Lipinski definition) is 1.